The molecule has 0 bridgehead atoms. The van der Waals surface area contributed by atoms with E-state index in [4.69, 9.17) is 0 Å². The molecule has 0 spiro atoms. The number of alkyl halides is 1. The molecule has 0 aromatic carbocycles. The first kappa shape index (κ1) is 11.4. The molecule has 0 atom stereocenters. The van der Waals surface area contributed by atoms with Gasteiger partial charge in [-0.05, 0) is 0 Å². The Morgan fingerprint density at radius 1 is 1.82 bits per heavy atom. The predicted octanol–water partition coefficient (Wildman–Crippen LogP) is 3.33. The minimum atomic E-state index is 0.896. The van der Waals surface area contributed by atoms with Crippen molar-refractivity contribution >= 4 is 15.9 Å². The second kappa shape index (κ2) is 7.08. The molecular formula is C9H12BrTi. The predicted molar refractivity (Wildman–Crippen MR) is 50.4 cm³/mol. The monoisotopic (exact) mass is 247 g/mol. The van der Waals surface area contributed by atoms with Gasteiger partial charge >= 0.3 is 55.4 Å². The Balaban J connectivity index is 0.000000218. The van der Waals surface area contributed by atoms with E-state index in [2.05, 4.69) is 62.0 Å². The van der Waals surface area contributed by atoms with E-state index in [0.717, 1.165) is 5.33 Å². The fraction of sp³-hybridized carbons (Fsp3) is 0.333. The molecule has 0 aromatic rings. The van der Waals surface area contributed by atoms with Gasteiger partial charge in [-0.1, -0.05) is 22.0 Å². The topological polar surface area (TPSA) is 0 Å². The first-order chi connectivity index (χ1) is 5.22. The summed E-state index contributed by atoms with van der Waals surface area (Å²) in [5.41, 5.74) is 1.44. The third kappa shape index (κ3) is 5.66. The summed E-state index contributed by atoms with van der Waals surface area (Å²) in [5.74, 6) is 0. The summed E-state index contributed by atoms with van der Waals surface area (Å²) < 4.78 is 1.51. The summed E-state index contributed by atoms with van der Waals surface area (Å²) in [6, 6.07) is 0. The molecule has 0 amide bonds. The molecule has 0 radical (unpaired) electrons. The third-order valence-corrected chi connectivity index (χ3v) is 2.67. The van der Waals surface area contributed by atoms with Gasteiger partial charge in [0.25, 0.3) is 0 Å². The van der Waals surface area contributed by atoms with Crippen molar-refractivity contribution in [1.29, 1.82) is 0 Å². The fourth-order valence-corrected chi connectivity index (χ4v) is 0.929. The standard InChI is InChI=1S/C6H7.C3H5Br.Ti/c1-6-4-2-3-5-6;1-2-3-4;/h2,4H,3H2,1H3;2H,1,3H2;. The van der Waals surface area contributed by atoms with Crippen molar-refractivity contribution in [2.45, 2.75) is 13.3 Å². The van der Waals surface area contributed by atoms with Crippen LogP contribution in [0.25, 0.3) is 0 Å². The number of hydrogen-bond donors (Lipinski definition) is 0. The van der Waals surface area contributed by atoms with Gasteiger partial charge in [0.1, 0.15) is 0 Å². The molecule has 0 nitrogen and oxygen atoms in total. The molecule has 0 unspecified atom stereocenters. The van der Waals surface area contributed by atoms with Crippen LogP contribution in [0, 0.1) is 0 Å². The maximum atomic E-state index is 3.43. The normalized spacial score (nSPS) is 14.3. The Morgan fingerprint density at radius 3 is 2.45 bits per heavy atom. The van der Waals surface area contributed by atoms with E-state index in [1.165, 1.54) is 15.9 Å². The van der Waals surface area contributed by atoms with E-state index in [0.29, 0.717) is 0 Å². The molecule has 1 rings (SSSR count). The molecule has 0 saturated carbocycles. The summed E-state index contributed by atoms with van der Waals surface area (Å²) in [7, 11) is 0. The fourth-order valence-electron chi connectivity index (χ4n) is 0.615. The van der Waals surface area contributed by atoms with Crippen molar-refractivity contribution in [2.24, 2.45) is 0 Å². The quantitative estimate of drug-likeness (QED) is 0.379. The van der Waals surface area contributed by atoms with Gasteiger partial charge in [0.05, 0.1) is 0 Å². The first-order valence-corrected chi connectivity index (χ1v) is 5.37. The van der Waals surface area contributed by atoms with E-state index in [1.807, 2.05) is 0 Å². The summed E-state index contributed by atoms with van der Waals surface area (Å²) >= 11 is 5.31. The molecule has 1 aliphatic carbocycles. The molecule has 0 aliphatic heterocycles. The van der Waals surface area contributed by atoms with Gasteiger partial charge in [0, 0.05) is 5.33 Å². The van der Waals surface area contributed by atoms with Crippen LogP contribution in [0.4, 0.5) is 0 Å². The van der Waals surface area contributed by atoms with Crippen LogP contribution in [0.1, 0.15) is 13.3 Å². The molecule has 0 N–H and O–H groups in total. The molecule has 1 aliphatic rings. The van der Waals surface area contributed by atoms with E-state index < -0.39 is 0 Å². The molecule has 0 fully saturated rings. The van der Waals surface area contributed by atoms with E-state index >= 15 is 0 Å². The Bertz CT molecular complexity index is 180. The summed E-state index contributed by atoms with van der Waals surface area (Å²) in [5, 5.41) is 0.896. The first-order valence-electron chi connectivity index (χ1n) is 3.47. The van der Waals surface area contributed by atoms with Gasteiger partial charge < -0.3 is 0 Å². The molecule has 11 heavy (non-hydrogen) atoms. The Morgan fingerprint density at radius 2 is 2.36 bits per heavy atom. The summed E-state index contributed by atoms with van der Waals surface area (Å²) in [4.78, 5) is 0. The van der Waals surface area contributed by atoms with Crippen LogP contribution >= 0.6 is 15.9 Å². The van der Waals surface area contributed by atoms with Gasteiger partial charge in [-0.2, -0.15) is 0 Å². The molecule has 0 aromatic heterocycles. The van der Waals surface area contributed by atoms with Crippen molar-refractivity contribution in [3.05, 3.63) is 34.3 Å². The van der Waals surface area contributed by atoms with Crippen molar-refractivity contribution in [3.63, 3.8) is 0 Å². The third-order valence-electron chi connectivity index (χ3n) is 1.27. The number of hydrogen-bond acceptors (Lipinski definition) is 0. The second-order valence-corrected chi connectivity index (χ2v) is 3.80. The number of halogens is 1. The average Bonchev–Trinajstić information content (AvgIpc) is 2.37. The second-order valence-electron chi connectivity index (χ2n) is 2.21. The summed E-state index contributed by atoms with van der Waals surface area (Å²) in [6.07, 6.45) is 7.34. The van der Waals surface area contributed by atoms with Crippen molar-refractivity contribution < 1.29 is 20.4 Å². The van der Waals surface area contributed by atoms with Crippen LogP contribution in [-0.4, -0.2) is 5.33 Å². The van der Waals surface area contributed by atoms with Crippen LogP contribution in [0.15, 0.2) is 34.3 Å². The number of rotatable bonds is 1. The van der Waals surface area contributed by atoms with Gasteiger partial charge in [-0.15, -0.1) is 6.58 Å². The SMILES string of the molecule is C=CCBr.CC1=[C]([Ti])CC=C1. The average molecular weight is 248 g/mol. The van der Waals surface area contributed by atoms with Crippen molar-refractivity contribution in [2.75, 3.05) is 5.33 Å². The maximum absolute atomic E-state index is 3.43. The molecule has 59 valence electrons. The van der Waals surface area contributed by atoms with Crippen molar-refractivity contribution in [3.8, 4) is 0 Å². The van der Waals surface area contributed by atoms with Crippen LogP contribution in [-0.2, 0) is 20.4 Å². The van der Waals surface area contributed by atoms with Gasteiger partial charge in [-0.3, -0.25) is 0 Å². The van der Waals surface area contributed by atoms with Crippen LogP contribution in [0.2, 0.25) is 0 Å². The van der Waals surface area contributed by atoms with Gasteiger partial charge in [0.15, 0.2) is 0 Å². The molecule has 0 saturated heterocycles. The van der Waals surface area contributed by atoms with Gasteiger partial charge in [0.2, 0.25) is 0 Å². The summed E-state index contributed by atoms with van der Waals surface area (Å²) in [6.45, 7) is 5.58. The zero-order chi connectivity index (χ0) is 8.69. The van der Waals surface area contributed by atoms with Crippen molar-refractivity contribution in [1.82, 2.24) is 0 Å². The van der Waals surface area contributed by atoms with E-state index in [-0.39, 0.29) is 0 Å². The molecular weight excluding hydrogens is 236 g/mol. The van der Waals surface area contributed by atoms with Crippen LogP contribution < -0.4 is 0 Å². The van der Waals surface area contributed by atoms with Crippen LogP contribution in [0.5, 0.6) is 0 Å². The Labute approximate surface area is 89.0 Å². The van der Waals surface area contributed by atoms with E-state index in [9.17, 15) is 0 Å². The van der Waals surface area contributed by atoms with Crippen LogP contribution in [0.3, 0.4) is 0 Å². The minimum absolute atomic E-state index is 0.896. The number of allylic oxidation sites excluding steroid dienone is 5. The zero-order valence-electron chi connectivity index (χ0n) is 6.73. The zero-order valence-corrected chi connectivity index (χ0v) is 9.88. The molecule has 0 heterocycles. The Hall–Kier alpha value is 0.414. The van der Waals surface area contributed by atoms with Gasteiger partial charge in [-0.25, -0.2) is 0 Å². The molecule has 2 heteroatoms. The van der Waals surface area contributed by atoms with E-state index in [1.54, 1.807) is 6.08 Å². The Kier molecular flexibility index (Phi) is 7.35.